The molecule has 0 saturated carbocycles. The Morgan fingerprint density at radius 3 is 2.57 bits per heavy atom. The maximum atomic E-state index is 12.2. The molecular formula is C16H27N5O2. The summed E-state index contributed by atoms with van der Waals surface area (Å²) in [5, 5.41) is 9.03. The van der Waals surface area contributed by atoms with E-state index in [0.29, 0.717) is 12.2 Å². The highest BCUT2D eigenvalue weighted by Crippen LogP contribution is 2.13. The third-order valence-corrected chi connectivity index (χ3v) is 4.24. The van der Waals surface area contributed by atoms with Crippen LogP contribution in [0.3, 0.4) is 0 Å². The Hall–Kier alpha value is -1.73. The molecule has 0 bridgehead atoms. The van der Waals surface area contributed by atoms with Gasteiger partial charge in [0.2, 0.25) is 5.91 Å². The molecule has 2 heterocycles. The standard InChI is InChI=1S/C16H27N5O2/c1-3-20(4-2)16(23)12-19-6-5-7-21(9-8-19)15-11-17-14(13-22)10-18-15/h10-11,22H,3-9,12-13H2,1-2H3. The molecule has 0 aliphatic carbocycles. The van der Waals surface area contributed by atoms with Crippen LogP contribution in [-0.4, -0.2) is 76.6 Å². The molecule has 1 aromatic heterocycles. The van der Waals surface area contributed by atoms with Gasteiger partial charge in [0.05, 0.1) is 31.2 Å². The lowest BCUT2D eigenvalue weighted by Crippen LogP contribution is -2.41. The molecule has 7 nitrogen and oxygen atoms in total. The van der Waals surface area contributed by atoms with Gasteiger partial charge in [-0.2, -0.15) is 0 Å². The Morgan fingerprint density at radius 1 is 1.17 bits per heavy atom. The predicted molar refractivity (Wildman–Crippen MR) is 89.2 cm³/mol. The van der Waals surface area contributed by atoms with E-state index in [0.717, 1.165) is 51.5 Å². The van der Waals surface area contributed by atoms with Crippen molar-refractivity contribution in [3.05, 3.63) is 18.1 Å². The van der Waals surface area contributed by atoms with Gasteiger partial charge in [0.1, 0.15) is 5.82 Å². The smallest absolute Gasteiger partial charge is 0.236 e. The van der Waals surface area contributed by atoms with Crippen molar-refractivity contribution in [1.29, 1.82) is 0 Å². The Bertz CT molecular complexity index is 490. The number of rotatable bonds is 6. The summed E-state index contributed by atoms with van der Waals surface area (Å²) in [4.78, 5) is 27.1. The molecule has 2 rings (SSSR count). The van der Waals surface area contributed by atoms with Crippen LogP contribution in [-0.2, 0) is 11.4 Å². The van der Waals surface area contributed by atoms with Gasteiger partial charge in [0.15, 0.2) is 0 Å². The lowest BCUT2D eigenvalue weighted by Gasteiger charge is -2.25. The minimum Gasteiger partial charge on any atom is -0.390 e. The number of aromatic nitrogens is 2. The van der Waals surface area contributed by atoms with Gasteiger partial charge in [-0.05, 0) is 20.3 Å². The number of nitrogens with zero attached hydrogens (tertiary/aromatic N) is 5. The van der Waals surface area contributed by atoms with Crippen LogP contribution in [0, 0.1) is 0 Å². The highest BCUT2D eigenvalue weighted by atomic mass is 16.3. The zero-order valence-corrected chi connectivity index (χ0v) is 14.1. The molecular weight excluding hydrogens is 294 g/mol. The number of aliphatic hydroxyl groups excluding tert-OH is 1. The molecule has 7 heteroatoms. The van der Waals surface area contributed by atoms with E-state index in [1.165, 1.54) is 0 Å². The van der Waals surface area contributed by atoms with Crippen LogP contribution < -0.4 is 4.90 Å². The number of hydrogen-bond donors (Lipinski definition) is 1. The van der Waals surface area contributed by atoms with E-state index in [1.807, 2.05) is 18.7 Å². The Labute approximate surface area is 137 Å². The minimum absolute atomic E-state index is 0.0888. The van der Waals surface area contributed by atoms with Crippen molar-refractivity contribution in [1.82, 2.24) is 19.8 Å². The number of anilines is 1. The Morgan fingerprint density at radius 2 is 1.96 bits per heavy atom. The van der Waals surface area contributed by atoms with Gasteiger partial charge in [0.25, 0.3) is 0 Å². The van der Waals surface area contributed by atoms with Gasteiger partial charge in [-0.1, -0.05) is 0 Å². The summed E-state index contributed by atoms with van der Waals surface area (Å²) in [6.45, 7) is 9.47. The molecule has 1 fully saturated rings. The van der Waals surface area contributed by atoms with Gasteiger partial charge in [-0.3, -0.25) is 14.7 Å². The third-order valence-electron chi connectivity index (χ3n) is 4.24. The highest BCUT2D eigenvalue weighted by Gasteiger charge is 2.20. The molecule has 1 saturated heterocycles. The van der Waals surface area contributed by atoms with E-state index < -0.39 is 0 Å². The first-order chi connectivity index (χ1) is 11.2. The minimum atomic E-state index is -0.0888. The molecule has 0 unspecified atom stereocenters. The van der Waals surface area contributed by atoms with Gasteiger partial charge in [-0.15, -0.1) is 0 Å². The largest absolute Gasteiger partial charge is 0.390 e. The van der Waals surface area contributed by atoms with Crippen LogP contribution in [0.1, 0.15) is 26.0 Å². The molecule has 1 aliphatic heterocycles. The normalized spacial score (nSPS) is 16.2. The summed E-state index contributed by atoms with van der Waals surface area (Å²) in [6.07, 6.45) is 4.32. The number of carbonyl (C=O) groups excluding carboxylic acids is 1. The van der Waals surface area contributed by atoms with Crippen LogP contribution in [0.2, 0.25) is 0 Å². The first kappa shape index (κ1) is 17.6. The van der Waals surface area contributed by atoms with Crippen molar-refractivity contribution in [3.63, 3.8) is 0 Å². The number of hydrogen-bond acceptors (Lipinski definition) is 6. The molecule has 23 heavy (non-hydrogen) atoms. The molecule has 1 N–H and O–H groups in total. The summed E-state index contributed by atoms with van der Waals surface area (Å²) in [5.74, 6) is 1.04. The average molecular weight is 321 g/mol. The lowest BCUT2D eigenvalue weighted by molar-refractivity contribution is -0.132. The van der Waals surface area contributed by atoms with Crippen molar-refractivity contribution in [2.45, 2.75) is 26.9 Å². The predicted octanol–water partition coefficient (Wildman–Crippen LogP) is 0.349. The van der Waals surface area contributed by atoms with Crippen LogP contribution in [0.15, 0.2) is 12.4 Å². The summed E-state index contributed by atoms with van der Waals surface area (Å²) in [5.41, 5.74) is 0.579. The molecule has 1 aliphatic rings. The SMILES string of the molecule is CCN(CC)C(=O)CN1CCCN(c2cnc(CO)cn2)CC1. The van der Waals surface area contributed by atoms with Gasteiger partial charge >= 0.3 is 0 Å². The topological polar surface area (TPSA) is 72.8 Å². The van der Waals surface area contributed by atoms with Crippen LogP contribution in [0.25, 0.3) is 0 Å². The number of aliphatic hydroxyl groups is 1. The molecule has 1 aromatic rings. The van der Waals surface area contributed by atoms with Gasteiger partial charge in [-0.25, -0.2) is 4.98 Å². The first-order valence-electron chi connectivity index (χ1n) is 8.34. The molecule has 0 aromatic carbocycles. The van der Waals surface area contributed by atoms with Gasteiger partial charge in [0, 0.05) is 39.3 Å². The van der Waals surface area contributed by atoms with Crippen LogP contribution in [0.4, 0.5) is 5.82 Å². The monoisotopic (exact) mass is 321 g/mol. The average Bonchev–Trinajstić information content (AvgIpc) is 2.82. The van der Waals surface area contributed by atoms with Crippen LogP contribution in [0.5, 0.6) is 0 Å². The quantitative estimate of drug-likeness (QED) is 0.815. The third kappa shape index (κ3) is 4.87. The fourth-order valence-corrected chi connectivity index (χ4v) is 2.82. The molecule has 0 atom stereocenters. The second-order valence-electron chi connectivity index (χ2n) is 5.71. The summed E-state index contributed by atoms with van der Waals surface area (Å²) in [7, 11) is 0. The summed E-state index contributed by atoms with van der Waals surface area (Å²) < 4.78 is 0. The molecule has 0 radical (unpaired) electrons. The maximum absolute atomic E-state index is 12.2. The molecule has 1 amide bonds. The second kappa shape index (κ2) is 8.79. The van der Waals surface area contributed by atoms with Crippen molar-refractivity contribution in [2.24, 2.45) is 0 Å². The second-order valence-corrected chi connectivity index (χ2v) is 5.71. The van der Waals surface area contributed by atoms with E-state index in [2.05, 4.69) is 19.8 Å². The maximum Gasteiger partial charge on any atom is 0.236 e. The fourth-order valence-electron chi connectivity index (χ4n) is 2.82. The number of amides is 1. The van der Waals surface area contributed by atoms with Crippen LogP contribution >= 0.6 is 0 Å². The summed E-state index contributed by atoms with van der Waals surface area (Å²) in [6, 6.07) is 0. The van der Waals surface area contributed by atoms with E-state index >= 15 is 0 Å². The number of carbonyl (C=O) groups is 1. The fraction of sp³-hybridized carbons (Fsp3) is 0.688. The van der Waals surface area contributed by atoms with E-state index in [-0.39, 0.29) is 12.5 Å². The number of likely N-dealkylation sites (N-methyl/N-ethyl adjacent to an activating group) is 1. The van der Waals surface area contributed by atoms with E-state index in [4.69, 9.17) is 5.11 Å². The zero-order valence-electron chi connectivity index (χ0n) is 14.1. The highest BCUT2D eigenvalue weighted by molar-refractivity contribution is 5.78. The molecule has 128 valence electrons. The lowest BCUT2D eigenvalue weighted by atomic mass is 10.3. The van der Waals surface area contributed by atoms with Crippen molar-refractivity contribution in [2.75, 3.05) is 50.7 Å². The van der Waals surface area contributed by atoms with Crippen molar-refractivity contribution < 1.29 is 9.90 Å². The van der Waals surface area contributed by atoms with Crippen molar-refractivity contribution >= 4 is 11.7 Å². The van der Waals surface area contributed by atoms with E-state index in [9.17, 15) is 4.79 Å². The summed E-state index contributed by atoms with van der Waals surface area (Å²) >= 11 is 0. The Balaban J connectivity index is 1.90. The van der Waals surface area contributed by atoms with E-state index in [1.54, 1.807) is 12.4 Å². The van der Waals surface area contributed by atoms with Crippen molar-refractivity contribution in [3.8, 4) is 0 Å². The van der Waals surface area contributed by atoms with Gasteiger partial charge < -0.3 is 14.9 Å². The Kier molecular flexibility index (Phi) is 6.73. The molecule has 0 spiro atoms. The zero-order chi connectivity index (χ0) is 16.7. The first-order valence-corrected chi connectivity index (χ1v) is 8.34.